The minimum absolute atomic E-state index is 0.0285. The van der Waals surface area contributed by atoms with Crippen LogP contribution in [-0.2, 0) is 11.2 Å². The van der Waals surface area contributed by atoms with Gasteiger partial charge in [0, 0.05) is 12.6 Å². The van der Waals surface area contributed by atoms with E-state index in [-0.39, 0.29) is 11.9 Å². The molecule has 1 aromatic heterocycles. The van der Waals surface area contributed by atoms with Gasteiger partial charge in [-0.3, -0.25) is 9.78 Å². The standard InChI is InChI=1S/C16H16N2O2/c1-11-9-18-14(10-17-11)15(19)8-16-13-5-3-2-4-12(13)6-7-20-16/h2-5,9-10,16H,6-8H2,1H3. The molecule has 1 aromatic carbocycles. The highest BCUT2D eigenvalue weighted by atomic mass is 16.5. The second-order valence-electron chi connectivity index (χ2n) is 4.98. The Labute approximate surface area is 117 Å². The van der Waals surface area contributed by atoms with E-state index in [2.05, 4.69) is 16.0 Å². The van der Waals surface area contributed by atoms with Crippen molar-refractivity contribution in [3.05, 3.63) is 59.2 Å². The van der Waals surface area contributed by atoms with Crippen LogP contribution in [0, 0.1) is 6.92 Å². The van der Waals surface area contributed by atoms with E-state index in [1.54, 1.807) is 6.20 Å². The Bertz CT molecular complexity index is 623. The number of carbonyl (C=O) groups is 1. The first-order valence-electron chi connectivity index (χ1n) is 6.75. The number of ether oxygens (including phenoxy) is 1. The molecule has 1 atom stereocenters. The summed E-state index contributed by atoms with van der Waals surface area (Å²) in [5.74, 6) is -0.0285. The topological polar surface area (TPSA) is 52.1 Å². The normalized spacial score (nSPS) is 17.6. The molecule has 0 saturated carbocycles. The Kier molecular flexibility index (Phi) is 3.56. The lowest BCUT2D eigenvalue weighted by Gasteiger charge is -2.25. The van der Waals surface area contributed by atoms with Gasteiger partial charge in [0.25, 0.3) is 0 Å². The lowest BCUT2D eigenvalue weighted by atomic mass is 9.94. The largest absolute Gasteiger partial charge is 0.373 e. The SMILES string of the molecule is Cc1cnc(C(=O)CC2OCCc3ccccc32)cn1. The van der Waals surface area contributed by atoms with Crippen LogP contribution in [0.5, 0.6) is 0 Å². The number of ketones is 1. The number of aromatic nitrogens is 2. The van der Waals surface area contributed by atoms with Crippen LogP contribution >= 0.6 is 0 Å². The molecule has 2 aromatic rings. The van der Waals surface area contributed by atoms with E-state index in [9.17, 15) is 4.79 Å². The highest BCUT2D eigenvalue weighted by Crippen LogP contribution is 2.30. The number of rotatable bonds is 3. The number of fused-ring (bicyclic) bond motifs is 1. The molecule has 4 nitrogen and oxygen atoms in total. The number of Topliss-reactive ketones (excluding diaryl/α,β-unsaturated/α-hetero) is 1. The van der Waals surface area contributed by atoms with Crippen LogP contribution in [0.1, 0.15) is 39.8 Å². The molecule has 1 aliphatic heterocycles. The van der Waals surface area contributed by atoms with E-state index in [0.29, 0.717) is 18.7 Å². The third-order valence-electron chi connectivity index (χ3n) is 3.53. The summed E-state index contributed by atoms with van der Waals surface area (Å²) < 4.78 is 5.75. The van der Waals surface area contributed by atoms with E-state index in [1.165, 1.54) is 11.8 Å². The maximum absolute atomic E-state index is 12.3. The Morgan fingerprint density at radius 2 is 2.15 bits per heavy atom. The van der Waals surface area contributed by atoms with Crippen LogP contribution in [0.4, 0.5) is 0 Å². The number of carbonyl (C=O) groups excluding carboxylic acids is 1. The van der Waals surface area contributed by atoms with Crippen molar-refractivity contribution < 1.29 is 9.53 Å². The Hall–Kier alpha value is -2.07. The summed E-state index contributed by atoms with van der Waals surface area (Å²) in [7, 11) is 0. The van der Waals surface area contributed by atoms with Gasteiger partial charge in [0.1, 0.15) is 5.69 Å². The molecule has 0 N–H and O–H groups in total. The fourth-order valence-electron chi connectivity index (χ4n) is 2.46. The summed E-state index contributed by atoms with van der Waals surface area (Å²) in [4.78, 5) is 20.5. The monoisotopic (exact) mass is 268 g/mol. The molecule has 20 heavy (non-hydrogen) atoms. The molecule has 0 bridgehead atoms. The second-order valence-corrected chi connectivity index (χ2v) is 4.98. The van der Waals surface area contributed by atoms with Crippen LogP contribution in [-0.4, -0.2) is 22.4 Å². The van der Waals surface area contributed by atoms with E-state index in [4.69, 9.17) is 4.74 Å². The molecule has 1 unspecified atom stereocenters. The molecule has 0 amide bonds. The van der Waals surface area contributed by atoms with Crippen LogP contribution in [0.15, 0.2) is 36.7 Å². The van der Waals surface area contributed by atoms with Crippen molar-refractivity contribution in [1.82, 2.24) is 9.97 Å². The van der Waals surface area contributed by atoms with Crippen molar-refractivity contribution in [2.75, 3.05) is 6.61 Å². The smallest absolute Gasteiger partial charge is 0.185 e. The minimum atomic E-state index is -0.171. The van der Waals surface area contributed by atoms with Crippen LogP contribution < -0.4 is 0 Å². The molecule has 0 saturated heterocycles. The van der Waals surface area contributed by atoms with Gasteiger partial charge in [0.05, 0.1) is 24.6 Å². The average molecular weight is 268 g/mol. The third-order valence-corrected chi connectivity index (χ3v) is 3.53. The highest BCUT2D eigenvalue weighted by Gasteiger charge is 2.24. The number of hydrogen-bond acceptors (Lipinski definition) is 4. The average Bonchev–Trinajstić information content (AvgIpc) is 2.48. The molecule has 0 fully saturated rings. The zero-order valence-electron chi connectivity index (χ0n) is 11.4. The van der Waals surface area contributed by atoms with Crippen molar-refractivity contribution in [3.8, 4) is 0 Å². The van der Waals surface area contributed by atoms with Gasteiger partial charge in [0.2, 0.25) is 0 Å². The summed E-state index contributed by atoms with van der Waals surface area (Å²) in [6.07, 6.45) is 4.20. The summed E-state index contributed by atoms with van der Waals surface area (Å²) in [6, 6.07) is 8.14. The fraction of sp³-hybridized carbons (Fsp3) is 0.312. The maximum Gasteiger partial charge on any atom is 0.185 e. The van der Waals surface area contributed by atoms with Gasteiger partial charge in [-0.2, -0.15) is 0 Å². The molecule has 0 radical (unpaired) electrons. The lowest BCUT2D eigenvalue weighted by molar-refractivity contribution is 0.0350. The number of benzene rings is 1. The first-order chi connectivity index (χ1) is 9.74. The fourth-order valence-corrected chi connectivity index (χ4v) is 2.46. The summed E-state index contributed by atoms with van der Waals surface area (Å²) in [6.45, 7) is 2.51. The molecule has 1 aliphatic rings. The Balaban J connectivity index is 1.79. The van der Waals surface area contributed by atoms with Crippen molar-refractivity contribution >= 4 is 5.78 Å². The molecule has 102 valence electrons. The van der Waals surface area contributed by atoms with Crippen LogP contribution in [0.25, 0.3) is 0 Å². The number of aryl methyl sites for hydroxylation is 1. The molecule has 4 heteroatoms. The third kappa shape index (κ3) is 2.60. The van der Waals surface area contributed by atoms with Gasteiger partial charge < -0.3 is 4.74 Å². The summed E-state index contributed by atoms with van der Waals surface area (Å²) >= 11 is 0. The lowest BCUT2D eigenvalue weighted by Crippen LogP contribution is -2.19. The van der Waals surface area contributed by atoms with Crippen molar-refractivity contribution in [3.63, 3.8) is 0 Å². The first-order valence-corrected chi connectivity index (χ1v) is 6.75. The Morgan fingerprint density at radius 3 is 2.95 bits per heavy atom. The van der Waals surface area contributed by atoms with E-state index < -0.39 is 0 Å². The van der Waals surface area contributed by atoms with Crippen molar-refractivity contribution in [2.24, 2.45) is 0 Å². The van der Waals surface area contributed by atoms with Gasteiger partial charge in [-0.25, -0.2) is 4.98 Å². The Morgan fingerprint density at radius 1 is 1.30 bits per heavy atom. The van der Waals surface area contributed by atoms with Crippen molar-refractivity contribution in [2.45, 2.75) is 25.9 Å². The molecule has 0 aliphatic carbocycles. The summed E-state index contributed by atoms with van der Waals surface area (Å²) in [5.41, 5.74) is 3.60. The van der Waals surface area contributed by atoms with Crippen LogP contribution in [0.3, 0.4) is 0 Å². The number of hydrogen-bond donors (Lipinski definition) is 0. The maximum atomic E-state index is 12.3. The van der Waals surface area contributed by atoms with Gasteiger partial charge in [0.15, 0.2) is 5.78 Å². The minimum Gasteiger partial charge on any atom is -0.373 e. The molecule has 2 heterocycles. The van der Waals surface area contributed by atoms with Crippen molar-refractivity contribution in [1.29, 1.82) is 0 Å². The number of nitrogens with zero attached hydrogens (tertiary/aromatic N) is 2. The van der Waals surface area contributed by atoms with Gasteiger partial charge in [-0.1, -0.05) is 24.3 Å². The molecule has 3 rings (SSSR count). The summed E-state index contributed by atoms with van der Waals surface area (Å²) in [5, 5.41) is 0. The van der Waals surface area contributed by atoms with E-state index in [0.717, 1.165) is 17.7 Å². The van der Waals surface area contributed by atoms with E-state index >= 15 is 0 Å². The van der Waals surface area contributed by atoms with E-state index in [1.807, 2.05) is 25.1 Å². The first kappa shape index (κ1) is 12.9. The highest BCUT2D eigenvalue weighted by molar-refractivity contribution is 5.94. The molecular formula is C16H16N2O2. The van der Waals surface area contributed by atoms with Gasteiger partial charge in [-0.15, -0.1) is 0 Å². The predicted octanol–water partition coefficient (Wildman–Crippen LogP) is 2.67. The van der Waals surface area contributed by atoms with Gasteiger partial charge in [-0.05, 0) is 24.5 Å². The van der Waals surface area contributed by atoms with Crippen LogP contribution in [0.2, 0.25) is 0 Å². The quantitative estimate of drug-likeness (QED) is 0.803. The predicted molar refractivity (Wildman–Crippen MR) is 74.6 cm³/mol. The zero-order valence-corrected chi connectivity index (χ0v) is 11.4. The zero-order chi connectivity index (χ0) is 13.9. The molecular weight excluding hydrogens is 252 g/mol. The second kappa shape index (κ2) is 5.51. The van der Waals surface area contributed by atoms with Gasteiger partial charge >= 0.3 is 0 Å². The molecule has 0 spiro atoms.